The van der Waals surface area contributed by atoms with Crippen LogP contribution in [0.15, 0.2) is 18.3 Å². The van der Waals surface area contributed by atoms with Gasteiger partial charge >= 0.3 is 0 Å². The van der Waals surface area contributed by atoms with Gasteiger partial charge in [-0.3, -0.25) is 9.78 Å². The van der Waals surface area contributed by atoms with Gasteiger partial charge < -0.3 is 10.6 Å². The Labute approximate surface area is 102 Å². The van der Waals surface area contributed by atoms with Crippen LogP contribution in [0.25, 0.3) is 0 Å². The van der Waals surface area contributed by atoms with E-state index in [-0.39, 0.29) is 11.9 Å². The SMILES string of the molecule is Cc1ncccc1C(=O)N1CCC(C(C)N)C1. The van der Waals surface area contributed by atoms with Crippen molar-refractivity contribution in [3.8, 4) is 0 Å². The lowest BCUT2D eigenvalue weighted by Gasteiger charge is -2.18. The molecule has 4 heteroatoms. The molecule has 0 saturated carbocycles. The maximum atomic E-state index is 12.3. The van der Waals surface area contributed by atoms with Gasteiger partial charge in [-0.1, -0.05) is 0 Å². The predicted octanol–water partition coefficient (Wildman–Crippen LogP) is 1.20. The van der Waals surface area contributed by atoms with Gasteiger partial charge in [0.15, 0.2) is 0 Å². The highest BCUT2D eigenvalue weighted by atomic mass is 16.2. The number of rotatable bonds is 2. The molecular formula is C13H19N3O. The van der Waals surface area contributed by atoms with Crippen LogP contribution < -0.4 is 5.73 Å². The van der Waals surface area contributed by atoms with Crippen LogP contribution in [0.3, 0.4) is 0 Å². The highest BCUT2D eigenvalue weighted by Gasteiger charge is 2.29. The number of carbonyl (C=O) groups excluding carboxylic acids is 1. The van der Waals surface area contributed by atoms with E-state index in [1.165, 1.54) is 0 Å². The number of likely N-dealkylation sites (tertiary alicyclic amines) is 1. The van der Waals surface area contributed by atoms with Gasteiger partial charge in [-0.15, -0.1) is 0 Å². The van der Waals surface area contributed by atoms with E-state index in [9.17, 15) is 4.79 Å². The topological polar surface area (TPSA) is 59.2 Å². The molecule has 4 nitrogen and oxygen atoms in total. The molecule has 1 saturated heterocycles. The Kier molecular flexibility index (Phi) is 3.43. The van der Waals surface area contributed by atoms with Gasteiger partial charge in [0, 0.05) is 31.0 Å². The van der Waals surface area contributed by atoms with E-state index in [0.29, 0.717) is 11.5 Å². The zero-order valence-electron chi connectivity index (χ0n) is 10.4. The van der Waals surface area contributed by atoms with E-state index in [2.05, 4.69) is 4.98 Å². The largest absolute Gasteiger partial charge is 0.338 e. The van der Waals surface area contributed by atoms with Gasteiger partial charge in [-0.05, 0) is 38.3 Å². The minimum atomic E-state index is 0.0822. The molecule has 0 bridgehead atoms. The third-order valence-electron chi connectivity index (χ3n) is 3.49. The summed E-state index contributed by atoms with van der Waals surface area (Å²) in [7, 11) is 0. The highest BCUT2D eigenvalue weighted by molar-refractivity contribution is 5.95. The number of pyridine rings is 1. The lowest BCUT2D eigenvalue weighted by atomic mass is 10.0. The van der Waals surface area contributed by atoms with Gasteiger partial charge in [0.05, 0.1) is 5.56 Å². The summed E-state index contributed by atoms with van der Waals surface area (Å²) in [6.45, 7) is 5.45. The van der Waals surface area contributed by atoms with Gasteiger partial charge in [-0.2, -0.15) is 0 Å². The fourth-order valence-electron chi connectivity index (χ4n) is 2.28. The van der Waals surface area contributed by atoms with Crippen LogP contribution in [0, 0.1) is 12.8 Å². The maximum Gasteiger partial charge on any atom is 0.255 e. The van der Waals surface area contributed by atoms with Gasteiger partial charge in [0.1, 0.15) is 0 Å². The second kappa shape index (κ2) is 4.84. The van der Waals surface area contributed by atoms with Gasteiger partial charge in [0.25, 0.3) is 5.91 Å². The summed E-state index contributed by atoms with van der Waals surface area (Å²) in [5.41, 5.74) is 7.38. The van der Waals surface area contributed by atoms with Crippen molar-refractivity contribution in [1.82, 2.24) is 9.88 Å². The molecule has 1 fully saturated rings. The first-order valence-electron chi connectivity index (χ1n) is 6.06. The molecule has 17 heavy (non-hydrogen) atoms. The Morgan fingerprint density at radius 1 is 1.65 bits per heavy atom. The second-order valence-electron chi connectivity index (χ2n) is 4.80. The van der Waals surface area contributed by atoms with E-state index in [4.69, 9.17) is 5.73 Å². The third kappa shape index (κ3) is 2.47. The minimum absolute atomic E-state index is 0.0822. The van der Waals surface area contributed by atoms with Crippen molar-refractivity contribution in [2.45, 2.75) is 26.3 Å². The average molecular weight is 233 g/mol. The molecule has 1 aliphatic heterocycles. The summed E-state index contributed by atoms with van der Waals surface area (Å²) >= 11 is 0. The lowest BCUT2D eigenvalue weighted by molar-refractivity contribution is 0.0785. The summed E-state index contributed by atoms with van der Waals surface area (Å²) in [4.78, 5) is 18.3. The molecule has 2 N–H and O–H groups in total. The number of hydrogen-bond donors (Lipinski definition) is 1. The minimum Gasteiger partial charge on any atom is -0.338 e. The van der Waals surface area contributed by atoms with Crippen LogP contribution in [-0.2, 0) is 0 Å². The summed E-state index contributed by atoms with van der Waals surface area (Å²) < 4.78 is 0. The number of nitrogens with two attached hydrogens (primary N) is 1. The molecule has 92 valence electrons. The van der Waals surface area contributed by atoms with Crippen molar-refractivity contribution in [2.75, 3.05) is 13.1 Å². The summed E-state index contributed by atoms with van der Waals surface area (Å²) in [6, 6.07) is 3.80. The molecule has 1 aromatic heterocycles. The predicted molar refractivity (Wildman–Crippen MR) is 66.6 cm³/mol. The van der Waals surface area contributed by atoms with Crippen molar-refractivity contribution < 1.29 is 4.79 Å². The van der Waals surface area contributed by atoms with E-state index in [1.54, 1.807) is 12.3 Å². The van der Waals surface area contributed by atoms with Gasteiger partial charge in [0.2, 0.25) is 0 Å². The van der Waals surface area contributed by atoms with E-state index < -0.39 is 0 Å². The molecule has 0 radical (unpaired) electrons. The van der Waals surface area contributed by atoms with Crippen molar-refractivity contribution >= 4 is 5.91 Å². The molecule has 1 amide bonds. The number of carbonyl (C=O) groups is 1. The van der Waals surface area contributed by atoms with E-state index in [1.807, 2.05) is 24.8 Å². The Morgan fingerprint density at radius 2 is 2.41 bits per heavy atom. The Bertz CT molecular complexity index is 417. The van der Waals surface area contributed by atoms with Crippen LogP contribution >= 0.6 is 0 Å². The molecule has 0 aromatic carbocycles. The molecule has 1 aliphatic rings. The van der Waals surface area contributed by atoms with Gasteiger partial charge in [-0.25, -0.2) is 0 Å². The number of amides is 1. The van der Waals surface area contributed by atoms with Crippen LogP contribution in [0.2, 0.25) is 0 Å². The normalized spacial score (nSPS) is 21.6. The summed E-state index contributed by atoms with van der Waals surface area (Å²) in [5, 5.41) is 0. The monoisotopic (exact) mass is 233 g/mol. The Morgan fingerprint density at radius 3 is 3.00 bits per heavy atom. The van der Waals surface area contributed by atoms with Crippen LogP contribution in [0.4, 0.5) is 0 Å². The maximum absolute atomic E-state index is 12.3. The van der Waals surface area contributed by atoms with Crippen molar-refractivity contribution in [3.05, 3.63) is 29.6 Å². The highest BCUT2D eigenvalue weighted by Crippen LogP contribution is 2.21. The fourth-order valence-corrected chi connectivity index (χ4v) is 2.28. The Hall–Kier alpha value is -1.42. The van der Waals surface area contributed by atoms with Crippen molar-refractivity contribution in [1.29, 1.82) is 0 Å². The smallest absolute Gasteiger partial charge is 0.255 e. The average Bonchev–Trinajstić information content (AvgIpc) is 2.78. The molecule has 2 heterocycles. The van der Waals surface area contributed by atoms with Crippen LogP contribution in [-0.4, -0.2) is 34.9 Å². The Balaban J connectivity index is 2.10. The fraction of sp³-hybridized carbons (Fsp3) is 0.538. The van der Waals surface area contributed by atoms with Crippen molar-refractivity contribution in [3.63, 3.8) is 0 Å². The summed E-state index contributed by atoms with van der Waals surface area (Å²) in [6.07, 6.45) is 2.71. The third-order valence-corrected chi connectivity index (χ3v) is 3.49. The standard InChI is InChI=1S/C13H19N3O/c1-9(14)11-5-7-16(8-11)13(17)12-4-3-6-15-10(12)2/h3-4,6,9,11H,5,7-8,14H2,1-2H3. The zero-order valence-corrected chi connectivity index (χ0v) is 10.4. The first-order chi connectivity index (χ1) is 8.09. The van der Waals surface area contributed by atoms with Crippen molar-refractivity contribution in [2.24, 2.45) is 11.7 Å². The molecule has 2 rings (SSSR count). The molecule has 2 atom stereocenters. The quantitative estimate of drug-likeness (QED) is 0.835. The van der Waals surface area contributed by atoms with Crippen LogP contribution in [0.1, 0.15) is 29.4 Å². The van der Waals surface area contributed by atoms with E-state index in [0.717, 1.165) is 25.2 Å². The van der Waals surface area contributed by atoms with E-state index >= 15 is 0 Å². The number of nitrogens with zero attached hydrogens (tertiary/aromatic N) is 2. The van der Waals surface area contributed by atoms with Crippen LogP contribution in [0.5, 0.6) is 0 Å². The second-order valence-corrected chi connectivity index (χ2v) is 4.80. The number of hydrogen-bond acceptors (Lipinski definition) is 3. The lowest BCUT2D eigenvalue weighted by Crippen LogP contribution is -2.33. The molecular weight excluding hydrogens is 214 g/mol. The molecule has 0 spiro atoms. The first-order valence-corrected chi connectivity index (χ1v) is 6.06. The zero-order chi connectivity index (χ0) is 12.4. The molecule has 0 aliphatic carbocycles. The first kappa shape index (κ1) is 12.0. The summed E-state index contributed by atoms with van der Waals surface area (Å²) in [5.74, 6) is 0.509. The molecule has 2 unspecified atom stereocenters. The number of aryl methyl sites for hydroxylation is 1. The number of aromatic nitrogens is 1. The molecule has 1 aromatic rings.